The summed E-state index contributed by atoms with van der Waals surface area (Å²) in [5.74, 6) is -1.66. The van der Waals surface area contributed by atoms with Crippen LogP contribution in [0.4, 0.5) is 10.1 Å². The highest BCUT2D eigenvalue weighted by molar-refractivity contribution is 7.89. The number of hydrogen-bond donors (Lipinski definition) is 1. The van der Waals surface area contributed by atoms with Crippen molar-refractivity contribution in [1.29, 1.82) is 0 Å². The summed E-state index contributed by atoms with van der Waals surface area (Å²) in [5, 5.41) is 10.7. The van der Waals surface area contributed by atoms with Crippen LogP contribution in [0.5, 0.6) is 0 Å². The summed E-state index contributed by atoms with van der Waals surface area (Å²) < 4.78 is 38.7. The fourth-order valence-corrected chi connectivity index (χ4v) is 2.45. The Morgan fingerprint density at radius 2 is 2.05 bits per heavy atom. The summed E-state index contributed by atoms with van der Waals surface area (Å²) in [5.41, 5.74) is -0.880. The lowest BCUT2D eigenvalue weighted by atomic mass is 10.1. The number of benzene rings is 1. The van der Waals surface area contributed by atoms with E-state index in [1.54, 1.807) is 13.8 Å². The van der Waals surface area contributed by atoms with Gasteiger partial charge in [-0.05, 0) is 12.1 Å². The van der Waals surface area contributed by atoms with Gasteiger partial charge >= 0.3 is 0 Å². The van der Waals surface area contributed by atoms with Crippen LogP contribution in [0.25, 0.3) is 0 Å². The quantitative estimate of drug-likeness (QED) is 0.628. The fourth-order valence-electron chi connectivity index (χ4n) is 1.31. The van der Waals surface area contributed by atoms with Crippen molar-refractivity contribution in [2.24, 2.45) is 5.92 Å². The third-order valence-corrected chi connectivity index (χ3v) is 3.94. The predicted octanol–water partition coefficient (Wildman–Crippen LogP) is 1.24. The third kappa shape index (κ3) is 3.81. The standard InChI is InChI=1S/C11H13FN2O5S/c1-7(2)10(15)6-13-20(18,19)11-4-3-8(12)5-9(11)14(16)17/h3-5,7,13H,6H2,1-2H3. The Labute approximate surface area is 115 Å². The number of nitrogens with zero attached hydrogens (tertiary/aromatic N) is 1. The number of ketones is 1. The zero-order chi connectivity index (χ0) is 15.5. The molecule has 0 amide bonds. The first-order valence-corrected chi connectivity index (χ1v) is 7.10. The molecule has 0 aromatic heterocycles. The smallest absolute Gasteiger partial charge is 0.292 e. The van der Waals surface area contributed by atoms with Gasteiger partial charge in [0.15, 0.2) is 4.90 Å². The number of sulfonamides is 1. The van der Waals surface area contributed by atoms with Crippen LogP contribution in [0.3, 0.4) is 0 Å². The first-order chi connectivity index (χ1) is 9.15. The van der Waals surface area contributed by atoms with Gasteiger partial charge in [0.25, 0.3) is 5.69 Å². The van der Waals surface area contributed by atoms with E-state index in [-0.39, 0.29) is 11.7 Å². The minimum absolute atomic E-state index is 0.363. The number of Topliss-reactive ketones (excluding diaryl/α,β-unsaturated/α-hetero) is 1. The van der Waals surface area contributed by atoms with Crippen molar-refractivity contribution in [3.05, 3.63) is 34.1 Å². The fraction of sp³-hybridized carbons (Fsp3) is 0.364. The maximum absolute atomic E-state index is 12.9. The van der Waals surface area contributed by atoms with Gasteiger partial charge in [-0.25, -0.2) is 17.5 Å². The van der Waals surface area contributed by atoms with Crippen LogP contribution >= 0.6 is 0 Å². The highest BCUT2D eigenvalue weighted by Crippen LogP contribution is 2.24. The van der Waals surface area contributed by atoms with Crippen LogP contribution in [0.15, 0.2) is 23.1 Å². The number of rotatable bonds is 6. The molecule has 0 aliphatic carbocycles. The molecule has 0 saturated carbocycles. The Hall–Kier alpha value is -1.87. The molecule has 1 aromatic carbocycles. The molecule has 0 fully saturated rings. The molecule has 0 saturated heterocycles. The third-order valence-electron chi connectivity index (χ3n) is 2.49. The van der Waals surface area contributed by atoms with Crippen LogP contribution in [-0.2, 0) is 14.8 Å². The van der Waals surface area contributed by atoms with E-state index in [1.807, 2.05) is 4.72 Å². The number of nitrogens with one attached hydrogen (secondary N) is 1. The van der Waals surface area contributed by atoms with Crippen LogP contribution in [0.1, 0.15) is 13.8 Å². The monoisotopic (exact) mass is 304 g/mol. The maximum Gasteiger partial charge on any atom is 0.292 e. The van der Waals surface area contributed by atoms with Crippen molar-refractivity contribution in [2.45, 2.75) is 18.7 Å². The molecule has 0 spiro atoms. The van der Waals surface area contributed by atoms with E-state index < -0.39 is 37.9 Å². The Balaban J connectivity index is 3.10. The van der Waals surface area contributed by atoms with Crippen molar-refractivity contribution in [3.63, 3.8) is 0 Å². The molecule has 0 aliphatic rings. The van der Waals surface area contributed by atoms with E-state index >= 15 is 0 Å². The molecule has 0 unspecified atom stereocenters. The van der Waals surface area contributed by atoms with E-state index in [2.05, 4.69) is 0 Å². The van der Waals surface area contributed by atoms with Gasteiger partial charge in [-0.2, -0.15) is 0 Å². The summed E-state index contributed by atoms with van der Waals surface area (Å²) in [6.45, 7) is 2.71. The Kier molecular flexibility index (Phi) is 4.90. The Morgan fingerprint density at radius 3 is 2.55 bits per heavy atom. The predicted molar refractivity (Wildman–Crippen MR) is 68.1 cm³/mol. The average Bonchev–Trinajstić information content (AvgIpc) is 2.35. The van der Waals surface area contributed by atoms with Crippen molar-refractivity contribution >= 4 is 21.5 Å². The van der Waals surface area contributed by atoms with Gasteiger partial charge in [0.1, 0.15) is 11.6 Å². The largest absolute Gasteiger partial charge is 0.298 e. The lowest BCUT2D eigenvalue weighted by Crippen LogP contribution is -2.32. The second-order valence-corrected chi connectivity index (χ2v) is 6.05. The molecule has 20 heavy (non-hydrogen) atoms. The molecule has 0 atom stereocenters. The van der Waals surface area contributed by atoms with Crippen molar-refractivity contribution in [2.75, 3.05) is 6.54 Å². The molecule has 7 nitrogen and oxygen atoms in total. The number of halogens is 1. The number of nitro groups is 1. The summed E-state index contributed by atoms with van der Waals surface area (Å²) in [6.07, 6.45) is 0. The first kappa shape index (κ1) is 16.2. The Morgan fingerprint density at radius 1 is 1.45 bits per heavy atom. The zero-order valence-corrected chi connectivity index (χ0v) is 11.6. The molecule has 0 radical (unpaired) electrons. The van der Waals surface area contributed by atoms with E-state index in [4.69, 9.17) is 0 Å². The number of carbonyl (C=O) groups excluding carboxylic acids is 1. The molecular weight excluding hydrogens is 291 g/mol. The molecule has 0 aliphatic heterocycles. The van der Waals surface area contributed by atoms with Gasteiger partial charge in [0.05, 0.1) is 17.5 Å². The van der Waals surface area contributed by atoms with Gasteiger partial charge < -0.3 is 0 Å². The van der Waals surface area contributed by atoms with Crippen molar-refractivity contribution in [1.82, 2.24) is 4.72 Å². The van der Waals surface area contributed by atoms with E-state index in [0.29, 0.717) is 6.07 Å². The first-order valence-electron chi connectivity index (χ1n) is 5.61. The van der Waals surface area contributed by atoms with Crippen LogP contribution in [0.2, 0.25) is 0 Å². The zero-order valence-electron chi connectivity index (χ0n) is 10.8. The number of hydrogen-bond acceptors (Lipinski definition) is 5. The van der Waals surface area contributed by atoms with Crippen LogP contribution in [-0.4, -0.2) is 25.7 Å². The second kappa shape index (κ2) is 6.06. The summed E-state index contributed by atoms with van der Waals surface area (Å²) >= 11 is 0. The molecular formula is C11H13FN2O5S. The molecule has 1 aromatic rings. The van der Waals surface area contributed by atoms with E-state index in [0.717, 1.165) is 12.1 Å². The number of nitro benzene ring substituents is 1. The van der Waals surface area contributed by atoms with E-state index in [1.165, 1.54) is 0 Å². The maximum atomic E-state index is 12.9. The highest BCUT2D eigenvalue weighted by Gasteiger charge is 2.26. The second-order valence-electron chi connectivity index (χ2n) is 4.31. The molecule has 1 N–H and O–H groups in total. The van der Waals surface area contributed by atoms with Crippen LogP contribution < -0.4 is 4.72 Å². The van der Waals surface area contributed by atoms with E-state index in [9.17, 15) is 27.7 Å². The Bertz CT molecular complexity index is 642. The van der Waals surface area contributed by atoms with Crippen molar-refractivity contribution < 1.29 is 22.5 Å². The average molecular weight is 304 g/mol. The number of carbonyl (C=O) groups is 1. The normalized spacial score (nSPS) is 11.6. The van der Waals surface area contributed by atoms with Gasteiger partial charge in [-0.3, -0.25) is 14.9 Å². The molecule has 9 heteroatoms. The molecule has 0 heterocycles. The highest BCUT2D eigenvalue weighted by atomic mass is 32.2. The topological polar surface area (TPSA) is 106 Å². The summed E-state index contributed by atoms with van der Waals surface area (Å²) in [4.78, 5) is 20.4. The van der Waals surface area contributed by atoms with Crippen LogP contribution in [0, 0.1) is 21.8 Å². The lowest BCUT2D eigenvalue weighted by Gasteiger charge is -2.08. The lowest BCUT2D eigenvalue weighted by molar-refractivity contribution is -0.388. The van der Waals surface area contributed by atoms with Gasteiger partial charge in [-0.1, -0.05) is 13.8 Å². The molecule has 1 rings (SSSR count). The SMILES string of the molecule is CC(C)C(=O)CNS(=O)(=O)c1ccc(F)cc1[N+](=O)[O-]. The van der Waals surface area contributed by atoms with Gasteiger partial charge in [-0.15, -0.1) is 0 Å². The van der Waals surface area contributed by atoms with Gasteiger partial charge in [0, 0.05) is 5.92 Å². The summed E-state index contributed by atoms with van der Waals surface area (Å²) in [7, 11) is -4.26. The van der Waals surface area contributed by atoms with Gasteiger partial charge in [0.2, 0.25) is 10.0 Å². The van der Waals surface area contributed by atoms with Crippen molar-refractivity contribution in [3.8, 4) is 0 Å². The molecule has 110 valence electrons. The molecule has 0 bridgehead atoms. The minimum atomic E-state index is -4.26. The minimum Gasteiger partial charge on any atom is -0.298 e. The summed E-state index contributed by atoms with van der Waals surface area (Å²) in [6, 6.07) is 2.10.